The molecule has 19 heavy (non-hydrogen) atoms. The summed E-state index contributed by atoms with van der Waals surface area (Å²) >= 11 is 5.72. The molecule has 0 aliphatic carbocycles. The number of rotatable bonds is 5. The summed E-state index contributed by atoms with van der Waals surface area (Å²) in [5.41, 5.74) is -0.850. The number of hydrogen-bond acceptors (Lipinski definition) is 3. The third kappa shape index (κ3) is 3.48. The Hall–Kier alpha value is -1.53. The van der Waals surface area contributed by atoms with E-state index in [0.29, 0.717) is 0 Å². The molecule has 0 fully saturated rings. The summed E-state index contributed by atoms with van der Waals surface area (Å²) < 4.78 is 25.8. The highest BCUT2D eigenvalue weighted by Crippen LogP contribution is 2.33. The quantitative estimate of drug-likeness (QED) is 0.818. The second-order valence-electron chi connectivity index (χ2n) is 3.90. The number of aliphatic carboxylic acids is 1. The van der Waals surface area contributed by atoms with E-state index in [9.17, 15) is 23.5 Å². The summed E-state index contributed by atoms with van der Waals surface area (Å²) in [6, 6.07) is 3.12. The molecule has 0 spiro atoms. The molecule has 1 aromatic carbocycles. The van der Waals surface area contributed by atoms with E-state index in [-0.39, 0.29) is 11.1 Å². The molecular weight excluding hydrogens is 282 g/mol. The average Bonchev–Trinajstić information content (AvgIpc) is 2.35. The predicted octanol–water partition coefficient (Wildman–Crippen LogP) is 2.61. The van der Waals surface area contributed by atoms with Crippen LogP contribution in [0.5, 0.6) is 0 Å². The lowest BCUT2D eigenvalue weighted by atomic mass is 9.97. The molecule has 1 aromatic rings. The summed E-state index contributed by atoms with van der Waals surface area (Å²) in [5, 5.41) is 16.7. The third-order valence-corrected chi connectivity index (χ3v) is 3.07. The van der Waals surface area contributed by atoms with Gasteiger partial charge in [0.2, 0.25) is 0 Å². The lowest BCUT2D eigenvalue weighted by Gasteiger charge is -2.15. The van der Waals surface area contributed by atoms with Gasteiger partial charge in [0.1, 0.15) is 5.38 Å². The molecule has 0 amide bonds. The van der Waals surface area contributed by atoms with Gasteiger partial charge < -0.3 is 10.2 Å². The number of carbonyl (C=O) groups is 2. The van der Waals surface area contributed by atoms with Gasteiger partial charge in [0, 0.05) is 5.56 Å². The van der Waals surface area contributed by atoms with Gasteiger partial charge in [-0.3, -0.25) is 4.79 Å². The van der Waals surface area contributed by atoms with Gasteiger partial charge in [-0.1, -0.05) is 12.1 Å². The lowest BCUT2D eigenvalue weighted by molar-refractivity contribution is -0.147. The number of aliphatic hydroxyl groups excluding tert-OH is 1. The monoisotopic (exact) mass is 292 g/mol. The minimum Gasteiger partial charge on any atom is -0.479 e. The highest BCUT2D eigenvalue weighted by Gasteiger charge is 2.25. The van der Waals surface area contributed by atoms with Crippen LogP contribution in [0.25, 0.3) is 0 Å². The normalized spacial score (nSPS) is 14.2. The van der Waals surface area contributed by atoms with Gasteiger partial charge in [0.25, 0.3) is 6.43 Å². The Kier molecular flexibility index (Phi) is 4.97. The van der Waals surface area contributed by atoms with Crippen LogP contribution in [-0.2, 0) is 9.59 Å². The molecule has 0 aliphatic rings. The number of ketones is 1. The SMILES string of the molecule is CC(=O)C(Cl)c1ccc(C(O)C(=O)O)cc1C(F)F. The third-order valence-electron chi connectivity index (χ3n) is 2.53. The van der Waals surface area contributed by atoms with Gasteiger partial charge in [-0.2, -0.15) is 0 Å². The fourth-order valence-electron chi connectivity index (χ4n) is 1.54. The van der Waals surface area contributed by atoms with Crippen molar-refractivity contribution in [1.82, 2.24) is 0 Å². The molecule has 2 N–H and O–H groups in total. The smallest absolute Gasteiger partial charge is 0.337 e. The van der Waals surface area contributed by atoms with Crippen molar-refractivity contribution in [2.75, 3.05) is 0 Å². The Labute approximate surface area is 112 Å². The van der Waals surface area contributed by atoms with E-state index in [1.54, 1.807) is 0 Å². The van der Waals surface area contributed by atoms with Gasteiger partial charge in [0.15, 0.2) is 11.9 Å². The number of carboxylic acid groups (broad SMARTS) is 1. The van der Waals surface area contributed by atoms with Crippen LogP contribution in [0.4, 0.5) is 8.78 Å². The van der Waals surface area contributed by atoms with E-state index in [1.165, 1.54) is 0 Å². The Morgan fingerprint density at radius 2 is 1.84 bits per heavy atom. The highest BCUT2D eigenvalue weighted by molar-refractivity contribution is 6.30. The van der Waals surface area contributed by atoms with E-state index in [2.05, 4.69) is 0 Å². The zero-order chi connectivity index (χ0) is 14.7. The molecule has 4 nitrogen and oxygen atoms in total. The largest absolute Gasteiger partial charge is 0.479 e. The molecule has 1 rings (SSSR count). The lowest BCUT2D eigenvalue weighted by Crippen LogP contribution is -2.12. The van der Waals surface area contributed by atoms with Crippen molar-refractivity contribution in [2.24, 2.45) is 0 Å². The van der Waals surface area contributed by atoms with Crippen molar-refractivity contribution in [1.29, 1.82) is 0 Å². The first-order valence-corrected chi connectivity index (χ1v) is 5.66. The minimum absolute atomic E-state index is 0.0921. The first-order valence-electron chi connectivity index (χ1n) is 5.23. The van der Waals surface area contributed by atoms with Crippen molar-refractivity contribution in [2.45, 2.75) is 24.8 Å². The molecule has 0 saturated heterocycles. The number of hydrogen-bond donors (Lipinski definition) is 2. The molecule has 0 heterocycles. The summed E-state index contributed by atoms with van der Waals surface area (Å²) in [6.07, 6.45) is -4.84. The Morgan fingerprint density at radius 1 is 1.26 bits per heavy atom. The van der Waals surface area contributed by atoms with Gasteiger partial charge in [-0.05, 0) is 24.1 Å². The standard InChI is InChI=1S/C12H11ClF2O4/c1-5(16)9(13)7-3-2-6(10(17)12(18)19)4-8(7)11(14)15/h2-4,9-11,17H,1H3,(H,18,19). The van der Waals surface area contributed by atoms with Crippen LogP contribution >= 0.6 is 11.6 Å². The number of benzene rings is 1. The van der Waals surface area contributed by atoms with E-state index < -0.39 is 35.2 Å². The summed E-state index contributed by atoms with van der Waals surface area (Å²) in [6.45, 7) is 1.16. The maximum Gasteiger partial charge on any atom is 0.337 e. The predicted molar refractivity (Wildman–Crippen MR) is 63.3 cm³/mol. The van der Waals surface area contributed by atoms with Gasteiger partial charge in [-0.25, -0.2) is 13.6 Å². The topological polar surface area (TPSA) is 74.6 Å². The number of carboxylic acids is 1. The first-order chi connectivity index (χ1) is 8.75. The van der Waals surface area contributed by atoms with Crippen LogP contribution in [0.1, 0.15) is 41.5 Å². The Balaban J connectivity index is 3.30. The van der Waals surface area contributed by atoms with E-state index in [0.717, 1.165) is 25.1 Å². The minimum atomic E-state index is -2.93. The van der Waals surface area contributed by atoms with Crippen LogP contribution in [0.15, 0.2) is 18.2 Å². The number of Topliss-reactive ketones (excluding diaryl/α,β-unsaturated/α-hetero) is 1. The zero-order valence-electron chi connectivity index (χ0n) is 9.81. The van der Waals surface area contributed by atoms with Gasteiger partial charge >= 0.3 is 5.97 Å². The van der Waals surface area contributed by atoms with Crippen LogP contribution in [0, 0.1) is 0 Å². The number of aliphatic hydroxyl groups is 1. The molecule has 2 atom stereocenters. The van der Waals surface area contributed by atoms with E-state index >= 15 is 0 Å². The molecule has 0 bridgehead atoms. The van der Waals surface area contributed by atoms with Crippen molar-refractivity contribution in [3.63, 3.8) is 0 Å². The molecule has 0 radical (unpaired) electrons. The highest BCUT2D eigenvalue weighted by atomic mass is 35.5. The Morgan fingerprint density at radius 3 is 2.26 bits per heavy atom. The van der Waals surface area contributed by atoms with Crippen LogP contribution in [-0.4, -0.2) is 22.0 Å². The van der Waals surface area contributed by atoms with Crippen molar-refractivity contribution >= 4 is 23.4 Å². The first kappa shape index (κ1) is 15.5. The maximum absolute atomic E-state index is 12.9. The number of halogens is 3. The molecule has 104 valence electrons. The summed E-state index contributed by atoms with van der Waals surface area (Å²) in [4.78, 5) is 21.7. The summed E-state index contributed by atoms with van der Waals surface area (Å²) in [7, 11) is 0. The Bertz CT molecular complexity index is 505. The molecule has 0 saturated carbocycles. The number of alkyl halides is 3. The summed E-state index contributed by atoms with van der Waals surface area (Å²) in [5.74, 6) is -2.06. The second kappa shape index (κ2) is 6.08. The average molecular weight is 293 g/mol. The molecule has 7 heteroatoms. The maximum atomic E-state index is 12.9. The van der Waals surface area contributed by atoms with Crippen LogP contribution < -0.4 is 0 Å². The number of carbonyl (C=O) groups excluding carboxylic acids is 1. The molecule has 0 aromatic heterocycles. The fraction of sp³-hybridized carbons (Fsp3) is 0.333. The molecular formula is C12H11ClF2O4. The van der Waals surface area contributed by atoms with Crippen molar-refractivity contribution in [3.8, 4) is 0 Å². The van der Waals surface area contributed by atoms with Gasteiger partial charge in [0.05, 0.1) is 0 Å². The van der Waals surface area contributed by atoms with Crippen molar-refractivity contribution < 1.29 is 28.6 Å². The van der Waals surface area contributed by atoms with Crippen LogP contribution in [0.3, 0.4) is 0 Å². The zero-order valence-corrected chi connectivity index (χ0v) is 10.6. The second-order valence-corrected chi connectivity index (χ2v) is 4.34. The molecule has 2 unspecified atom stereocenters. The van der Waals surface area contributed by atoms with E-state index in [4.69, 9.17) is 16.7 Å². The van der Waals surface area contributed by atoms with Gasteiger partial charge in [-0.15, -0.1) is 11.6 Å². The molecule has 0 aliphatic heterocycles. The fourth-order valence-corrected chi connectivity index (χ4v) is 1.74. The van der Waals surface area contributed by atoms with E-state index in [1.807, 2.05) is 0 Å². The van der Waals surface area contributed by atoms with Crippen LogP contribution in [0.2, 0.25) is 0 Å². The van der Waals surface area contributed by atoms with Crippen molar-refractivity contribution in [3.05, 3.63) is 34.9 Å².